The van der Waals surface area contributed by atoms with Crippen molar-refractivity contribution in [2.45, 2.75) is 31.3 Å². The summed E-state index contributed by atoms with van der Waals surface area (Å²) in [5.74, 6) is -0.933. The van der Waals surface area contributed by atoms with Crippen LogP contribution in [0.2, 0.25) is 0 Å². The predicted octanol–water partition coefficient (Wildman–Crippen LogP) is 1.98. The van der Waals surface area contributed by atoms with Crippen molar-refractivity contribution >= 4 is 11.7 Å². The summed E-state index contributed by atoms with van der Waals surface area (Å²) in [4.78, 5) is 21.0. The van der Waals surface area contributed by atoms with E-state index in [-0.39, 0.29) is 12.3 Å². The maximum Gasteiger partial charge on any atom is 0.306 e. The maximum atomic E-state index is 10.9. The first kappa shape index (κ1) is 15.2. The lowest BCUT2D eigenvalue weighted by Crippen LogP contribution is -2.41. The van der Waals surface area contributed by atoms with Crippen molar-refractivity contribution in [3.05, 3.63) is 34.4 Å². The summed E-state index contributed by atoms with van der Waals surface area (Å²) >= 11 is 0. The third kappa shape index (κ3) is 3.91. The van der Waals surface area contributed by atoms with Crippen LogP contribution in [-0.4, -0.2) is 33.3 Å². The van der Waals surface area contributed by atoms with Crippen molar-refractivity contribution in [2.24, 2.45) is 5.92 Å². The number of carboxylic acids is 1. The first-order chi connectivity index (χ1) is 9.89. The number of aliphatic carboxylic acids is 1. The number of nitro benzene ring substituents is 1. The second kappa shape index (κ2) is 6.09. The highest BCUT2D eigenvalue weighted by Crippen LogP contribution is 2.33. The van der Waals surface area contributed by atoms with Gasteiger partial charge < -0.3 is 14.9 Å². The van der Waals surface area contributed by atoms with E-state index in [0.29, 0.717) is 31.4 Å². The summed E-state index contributed by atoms with van der Waals surface area (Å²) in [6.07, 6.45) is 1.51. The summed E-state index contributed by atoms with van der Waals surface area (Å²) in [6.45, 7) is 0.000503. The lowest BCUT2D eigenvalue weighted by Gasteiger charge is -2.34. The van der Waals surface area contributed by atoms with Gasteiger partial charge in [-0.3, -0.25) is 14.9 Å². The Bertz CT molecular complexity index is 536. The molecule has 1 aliphatic rings. The molecule has 1 fully saturated rings. The van der Waals surface area contributed by atoms with Gasteiger partial charge >= 0.3 is 5.97 Å². The highest BCUT2D eigenvalue weighted by Gasteiger charge is 2.36. The predicted molar refractivity (Wildman–Crippen MR) is 73.1 cm³/mol. The van der Waals surface area contributed by atoms with Gasteiger partial charge in [0, 0.05) is 6.07 Å². The Morgan fingerprint density at radius 3 is 2.67 bits per heavy atom. The number of aliphatic hydroxyl groups is 1. The number of carboxylic acid groups (broad SMARTS) is 1. The van der Waals surface area contributed by atoms with E-state index in [1.165, 1.54) is 18.2 Å². The van der Waals surface area contributed by atoms with Crippen molar-refractivity contribution in [1.82, 2.24) is 0 Å². The molecule has 0 unspecified atom stereocenters. The largest absolute Gasteiger partial charge is 0.490 e. The molecular formula is C14H17NO6. The Morgan fingerprint density at radius 1 is 1.43 bits per heavy atom. The van der Waals surface area contributed by atoms with Gasteiger partial charge in [0.1, 0.15) is 12.4 Å². The van der Waals surface area contributed by atoms with Crippen molar-refractivity contribution in [3.8, 4) is 5.75 Å². The van der Waals surface area contributed by atoms with E-state index < -0.39 is 22.4 Å². The first-order valence-corrected chi connectivity index (χ1v) is 6.72. The Labute approximate surface area is 121 Å². The molecule has 7 nitrogen and oxygen atoms in total. The van der Waals surface area contributed by atoms with Crippen LogP contribution in [0.5, 0.6) is 5.75 Å². The summed E-state index contributed by atoms with van der Waals surface area (Å²) in [5.41, 5.74) is -1.15. The number of non-ortho nitro benzene ring substituents is 1. The third-order valence-corrected chi connectivity index (χ3v) is 3.80. The number of ether oxygens (including phenoxy) is 1. The summed E-state index contributed by atoms with van der Waals surface area (Å²) in [7, 11) is 0. The fraction of sp³-hybridized carbons (Fsp3) is 0.500. The zero-order valence-electron chi connectivity index (χ0n) is 11.4. The van der Waals surface area contributed by atoms with Crippen molar-refractivity contribution in [2.75, 3.05) is 6.61 Å². The fourth-order valence-corrected chi connectivity index (χ4v) is 2.45. The molecular weight excluding hydrogens is 278 g/mol. The van der Waals surface area contributed by atoms with Crippen molar-refractivity contribution in [1.29, 1.82) is 0 Å². The first-order valence-electron chi connectivity index (χ1n) is 6.72. The molecule has 2 N–H and O–H groups in total. The number of carbonyl (C=O) groups is 1. The van der Waals surface area contributed by atoms with Gasteiger partial charge in [0.05, 0.1) is 22.5 Å². The Balaban J connectivity index is 1.92. The molecule has 0 bridgehead atoms. The molecule has 0 atom stereocenters. The Morgan fingerprint density at radius 2 is 2.10 bits per heavy atom. The minimum Gasteiger partial charge on any atom is -0.490 e. The molecule has 0 radical (unpaired) electrons. The normalized spacial score (nSPS) is 25.3. The second-order valence-electron chi connectivity index (χ2n) is 5.38. The van der Waals surface area contributed by atoms with Gasteiger partial charge in [-0.05, 0) is 31.7 Å². The highest BCUT2D eigenvalue weighted by molar-refractivity contribution is 5.70. The third-order valence-electron chi connectivity index (χ3n) is 3.80. The lowest BCUT2D eigenvalue weighted by molar-refractivity contribution is -0.384. The molecule has 0 spiro atoms. The number of nitro groups is 1. The van der Waals surface area contributed by atoms with E-state index in [0.717, 1.165) is 0 Å². The topological polar surface area (TPSA) is 110 Å². The van der Waals surface area contributed by atoms with Gasteiger partial charge in [0.2, 0.25) is 0 Å². The van der Waals surface area contributed by atoms with Crippen LogP contribution in [0.1, 0.15) is 25.7 Å². The van der Waals surface area contributed by atoms with E-state index >= 15 is 0 Å². The maximum absolute atomic E-state index is 10.9. The van der Waals surface area contributed by atoms with Crippen LogP contribution in [0.15, 0.2) is 24.3 Å². The zero-order chi connectivity index (χ0) is 15.5. The molecule has 0 aliphatic heterocycles. The van der Waals surface area contributed by atoms with Crippen molar-refractivity contribution < 1.29 is 24.7 Å². The van der Waals surface area contributed by atoms with Gasteiger partial charge in [0.15, 0.2) is 0 Å². The molecule has 1 aromatic carbocycles. The van der Waals surface area contributed by atoms with Gasteiger partial charge in [-0.25, -0.2) is 0 Å². The van der Waals surface area contributed by atoms with E-state index in [1.807, 2.05) is 0 Å². The second-order valence-corrected chi connectivity index (χ2v) is 5.38. The molecule has 7 heteroatoms. The monoisotopic (exact) mass is 295 g/mol. The number of hydrogen-bond donors (Lipinski definition) is 2. The van der Waals surface area contributed by atoms with Gasteiger partial charge in [-0.15, -0.1) is 0 Å². The van der Waals surface area contributed by atoms with E-state index in [2.05, 4.69) is 0 Å². The molecule has 1 aromatic rings. The standard InChI is InChI=1S/C14H17NO6/c16-13(17)10-4-6-14(18,7-5-10)9-21-12-3-1-2-11(8-12)15(19)20/h1-3,8,10,18H,4-7,9H2,(H,16,17). The summed E-state index contributed by atoms with van der Waals surface area (Å²) < 4.78 is 5.43. The van der Waals surface area contributed by atoms with E-state index in [9.17, 15) is 20.0 Å². The molecule has 0 amide bonds. The average Bonchev–Trinajstić information content (AvgIpc) is 2.46. The highest BCUT2D eigenvalue weighted by atomic mass is 16.6. The molecule has 0 saturated heterocycles. The van der Waals surface area contributed by atoms with Gasteiger partial charge in [0.25, 0.3) is 5.69 Å². The van der Waals surface area contributed by atoms with Crippen LogP contribution < -0.4 is 4.74 Å². The Kier molecular flexibility index (Phi) is 4.42. The molecule has 1 saturated carbocycles. The minimum absolute atomic E-state index is 0.000503. The minimum atomic E-state index is -1.07. The number of hydrogen-bond acceptors (Lipinski definition) is 5. The summed E-state index contributed by atoms with van der Waals surface area (Å²) in [6, 6.07) is 5.75. The SMILES string of the molecule is O=C(O)C1CCC(O)(COc2cccc([N+](=O)[O-])c2)CC1. The lowest BCUT2D eigenvalue weighted by atomic mass is 9.79. The number of benzene rings is 1. The quantitative estimate of drug-likeness (QED) is 0.635. The van der Waals surface area contributed by atoms with E-state index in [4.69, 9.17) is 9.84 Å². The average molecular weight is 295 g/mol. The molecule has 0 heterocycles. The molecule has 2 rings (SSSR count). The van der Waals surface area contributed by atoms with Crippen LogP contribution >= 0.6 is 0 Å². The van der Waals surface area contributed by atoms with Crippen LogP contribution in [0.4, 0.5) is 5.69 Å². The Hall–Kier alpha value is -2.15. The molecule has 1 aliphatic carbocycles. The van der Waals surface area contributed by atoms with Crippen LogP contribution in [-0.2, 0) is 4.79 Å². The van der Waals surface area contributed by atoms with E-state index in [1.54, 1.807) is 6.07 Å². The number of nitrogens with zero attached hydrogens (tertiary/aromatic N) is 1. The fourth-order valence-electron chi connectivity index (χ4n) is 2.45. The van der Waals surface area contributed by atoms with Crippen LogP contribution in [0.25, 0.3) is 0 Å². The van der Waals surface area contributed by atoms with Crippen LogP contribution in [0.3, 0.4) is 0 Å². The molecule has 0 aromatic heterocycles. The molecule has 114 valence electrons. The van der Waals surface area contributed by atoms with Gasteiger partial charge in [-0.1, -0.05) is 6.07 Å². The van der Waals surface area contributed by atoms with Crippen LogP contribution in [0, 0.1) is 16.0 Å². The summed E-state index contributed by atoms with van der Waals surface area (Å²) in [5, 5.41) is 29.9. The van der Waals surface area contributed by atoms with Gasteiger partial charge in [-0.2, -0.15) is 0 Å². The number of rotatable bonds is 5. The molecule has 21 heavy (non-hydrogen) atoms. The smallest absolute Gasteiger partial charge is 0.306 e. The zero-order valence-corrected chi connectivity index (χ0v) is 11.4. The van der Waals surface area contributed by atoms with Crippen molar-refractivity contribution in [3.63, 3.8) is 0 Å².